The molecule has 2 heteroatoms. The number of methoxy groups -OCH3 is 1. The van der Waals surface area contributed by atoms with Crippen LogP contribution in [-0.2, 0) is 0 Å². The molecule has 154 valence electrons. The van der Waals surface area contributed by atoms with Gasteiger partial charge in [-0.05, 0) is 75.8 Å². The fourth-order valence-electron chi connectivity index (χ4n) is 3.95. The van der Waals surface area contributed by atoms with Gasteiger partial charge in [-0.25, -0.2) is 0 Å². The number of nitrogens with zero attached hydrogens (tertiary/aromatic N) is 1. The van der Waals surface area contributed by atoms with Crippen LogP contribution in [0, 0.1) is 0 Å². The Balaban J connectivity index is 1.50. The molecule has 5 aromatic rings. The van der Waals surface area contributed by atoms with E-state index in [-0.39, 0.29) is 0 Å². The molecule has 0 radical (unpaired) electrons. The number of pyridine rings is 1. The smallest absolute Gasteiger partial charge is 0.119 e. The van der Waals surface area contributed by atoms with E-state index in [1.165, 1.54) is 27.8 Å². The van der Waals surface area contributed by atoms with E-state index in [1.807, 2.05) is 36.5 Å². The quantitative estimate of drug-likeness (QED) is 0.294. The lowest BCUT2D eigenvalue weighted by molar-refractivity contribution is 0.415. The lowest BCUT2D eigenvalue weighted by Crippen LogP contribution is -1.86. The summed E-state index contributed by atoms with van der Waals surface area (Å²) < 4.78 is 5.39. The van der Waals surface area contributed by atoms with Crippen molar-refractivity contribution in [2.75, 3.05) is 7.11 Å². The molecule has 0 spiro atoms. The topological polar surface area (TPSA) is 22.1 Å². The van der Waals surface area contributed by atoms with Crippen LogP contribution in [0.15, 0.2) is 121 Å². The summed E-state index contributed by atoms with van der Waals surface area (Å²) in [5, 5.41) is 0. The van der Waals surface area contributed by atoms with Gasteiger partial charge in [0.05, 0.1) is 12.8 Å². The highest BCUT2D eigenvalue weighted by atomic mass is 16.5. The van der Waals surface area contributed by atoms with Crippen LogP contribution in [0.1, 0.15) is 0 Å². The van der Waals surface area contributed by atoms with Crippen molar-refractivity contribution >= 4 is 0 Å². The van der Waals surface area contributed by atoms with E-state index < -0.39 is 0 Å². The first-order valence-corrected chi connectivity index (χ1v) is 10.7. The molecule has 0 fully saturated rings. The summed E-state index contributed by atoms with van der Waals surface area (Å²) in [4.78, 5) is 4.49. The van der Waals surface area contributed by atoms with E-state index in [1.54, 1.807) is 7.11 Å². The van der Waals surface area contributed by atoms with Gasteiger partial charge in [0.15, 0.2) is 0 Å². The Bertz CT molecular complexity index is 1360. The van der Waals surface area contributed by atoms with Gasteiger partial charge in [-0.15, -0.1) is 0 Å². The average molecular weight is 414 g/mol. The summed E-state index contributed by atoms with van der Waals surface area (Å²) in [7, 11) is 1.70. The van der Waals surface area contributed by atoms with Crippen molar-refractivity contribution in [3.63, 3.8) is 0 Å². The van der Waals surface area contributed by atoms with Crippen LogP contribution in [0.3, 0.4) is 0 Å². The minimum absolute atomic E-state index is 0.864. The molecular formula is C30H23NO. The van der Waals surface area contributed by atoms with Crippen LogP contribution < -0.4 is 4.74 Å². The summed E-state index contributed by atoms with van der Waals surface area (Å²) in [6.07, 6.45) is 1.83. The van der Waals surface area contributed by atoms with Crippen molar-refractivity contribution < 1.29 is 4.74 Å². The van der Waals surface area contributed by atoms with Gasteiger partial charge in [0, 0.05) is 11.8 Å². The zero-order valence-electron chi connectivity index (χ0n) is 17.9. The van der Waals surface area contributed by atoms with Crippen molar-refractivity contribution in [2.24, 2.45) is 0 Å². The van der Waals surface area contributed by atoms with Crippen molar-refractivity contribution in [3.8, 4) is 50.4 Å². The predicted octanol–water partition coefficient (Wildman–Crippen LogP) is 7.76. The number of benzene rings is 4. The average Bonchev–Trinajstić information content (AvgIpc) is 2.89. The highest BCUT2D eigenvalue weighted by molar-refractivity contribution is 5.78. The van der Waals surface area contributed by atoms with Gasteiger partial charge < -0.3 is 4.74 Å². The second-order valence-electron chi connectivity index (χ2n) is 7.69. The SMILES string of the molecule is COc1cccc(-c2cccc(-c3cccc(-c4cccc(-c5ccccn5)c4)c3)c2)c1. The molecule has 2 nitrogen and oxygen atoms in total. The first-order valence-electron chi connectivity index (χ1n) is 10.7. The summed E-state index contributed by atoms with van der Waals surface area (Å²) in [5.41, 5.74) is 9.16. The van der Waals surface area contributed by atoms with Crippen molar-refractivity contribution in [2.45, 2.75) is 0 Å². The van der Waals surface area contributed by atoms with Crippen LogP contribution in [0.4, 0.5) is 0 Å². The van der Waals surface area contributed by atoms with Gasteiger partial charge in [-0.3, -0.25) is 4.98 Å². The van der Waals surface area contributed by atoms with Gasteiger partial charge in [-0.2, -0.15) is 0 Å². The maximum Gasteiger partial charge on any atom is 0.119 e. The Hall–Kier alpha value is -4.17. The zero-order valence-corrected chi connectivity index (χ0v) is 17.9. The Kier molecular flexibility index (Phi) is 5.50. The lowest BCUT2D eigenvalue weighted by atomic mass is 9.95. The molecular weight excluding hydrogens is 390 g/mol. The molecule has 0 aliphatic rings. The molecule has 0 aliphatic heterocycles. The van der Waals surface area contributed by atoms with Crippen molar-refractivity contribution in [3.05, 3.63) is 121 Å². The van der Waals surface area contributed by atoms with Crippen LogP contribution in [0.25, 0.3) is 44.6 Å². The summed E-state index contributed by atoms with van der Waals surface area (Å²) in [6.45, 7) is 0. The van der Waals surface area contributed by atoms with Gasteiger partial charge in [-0.1, -0.05) is 72.8 Å². The van der Waals surface area contributed by atoms with Gasteiger partial charge in [0.2, 0.25) is 0 Å². The fraction of sp³-hybridized carbons (Fsp3) is 0.0333. The maximum absolute atomic E-state index is 5.39. The maximum atomic E-state index is 5.39. The number of aromatic nitrogens is 1. The minimum Gasteiger partial charge on any atom is -0.497 e. The standard InChI is InChI=1S/C30H23NO/c1-32-29-15-7-13-27(21-29)25-11-5-9-23(19-25)22-8-4-10-24(18-22)26-12-6-14-28(20-26)30-16-2-3-17-31-30/h2-21H,1H3. The molecule has 0 amide bonds. The third kappa shape index (κ3) is 4.17. The van der Waals surface area contributed by atoms with E-state index in [0.29, 0.717) is 0 Å². The molecule has 5 rings (SSSR count). The normalized spacial score (nSPS) is 10.7. The number of rotatable bonds is 5. The molecule has 0 atom stereocenters. The highest BCUT2D eigenvalue weighted by Gasteiger charge is 2.06. The molecule has 4 aromatic carbocycles. The molecule has 0 aliphatic carbocycles. The fourth-order valence-corrected chi connectivity index (χ4v) is 3.95. The van der Waals surface area contributed by atoms with Gasteiger partial charge in [0.1, 0.15) is 5.75 Å². The monoisotopic (exact) mass is 413 g/mol. The second kappa shape index (κ2) is 8.91. The summed E-state index contributed by atoms with van der Waals surface area (Å²) in [6, 6.07) is 40.1. The third-order valence-electron chi connectivity index (χ3n) is 5.62. The molecule has 0 N–H and O–H groups in total. The Morgan fingerprint density at radius 3 is 1.44 bits per heavy atom. The predicted molar refractivity (Wildman–Crippen MR) is 133 cm³/mol. The largest absolute Gasteiger partial charge is 0.497 e. The van der Waals surface area contributed by atoms with Crippen LogP contribution in [0.2, 0.25) is 0 Å². The van der Waals surface area contributed by atoms with E-state index in [9.17, 15) is 0 Å². The van der Waals surface area contributed by atoms with Gasteiger partial charge >= 0.3 is 0 Å². The number of hydrogen-bond donors (Lipinski definition) is 0. The number of hydrogen-bond acceptors (Lipinski definition) is 2. The lowest BCUT2D eigenvalue weighted by Gasteiger charge is -2.10. The molecule has 1 heterocycles. The zero-order chi connectivity index (χ0) is 21.8. The van der Waals surface area contributed by atoms with Gasteiger partial charge in [0.25, 0.3) is 0 Å². The summed E-state index contributed by atoms with van der Waals surface area (Å²) >= 11 is 0. The van der Waals surface area contributed by atoms with E-state index in [2.05, 4.69) is 89.9 Å². The van der Waals surface area contributed by atoms with Crippen molar-refractivity contribution in [1.82, 2.24) is 4.98 Å². The second-order valence-corrected chi connectivity index (χ2v) is 7.69. The third-order valence-corrected chi connectivity index (χ3v) is 5.62. The van der Waals surface area contributed by atoms with Crippen LogP contribution in [-0.4, -0.2) is 12.1 Å². The summed E-state index contributed by atoms with van der Waals surface area (Å²) in [5.74, 6) is 0.864. The first kappa shape index (κ1) is 19.8. The molecule has 0 saturated carbocycles. The van der Waals surface area contributed by atoms with E-state index in [0.717, 1.165) is 22.6 Å². The Labute approximate surface area is 188 Å². The molecule has 0 unspecified atom stereocenters. The van der Waals surface area contributed by atoms with Crippen LogP contribution >= 0.6 is 0 Å². The Morgan fingerprint density at radius 2 is 0.938 bits per heavy atom. The van der Waals surface area contributed by atoms with E-state index >= 15 is 0 Å². The molecule has 0 bridgehead atoms. The Morgan fingerprint density at radius 1 is 0.469 bits per heavy atom. The molecule has 32 heavy (non-hydrogen) atoms. The van der Waals surface area contributed by atoms with Crippen molar-refractivity contribution in [1.29, 1.82) is 0 Å². The van der Waals surface area contributed by atoms with Crippen LogP contribution in [0.5, 0.6) is 5.75 Å². The van der Waals surface area contributed by atoms with E-state index in [4.69, 9.17) is 4.74 Å². The minimum atomic E-state index is 0.864. The number of ether oxygens (including phenoxy) is 1. The highest BCUT2D eigenvalue weighted by Crippen LogP contribution is 2.32. The molecule has 0 saturated heterocycles. The molecule has 1 aromatic heterocycles. The first-order chi connectivity index (χ1) is 15.8.